The van der Waals surface area contributed by atoms with Gasteiger partial charge in [0.2, 0.25) is 0 Å². The molecule has 5 nitrogen and oxygen atoms in total. The van der Waals surface area contributed by atoms with Gasteiger partial charge in [0.05, 0.1) is 28.8 Å². The second-order valence-electron chi connectivity index (χ2n) is 5.10. The highest BCUT2D eigenvalue weighted by Gasteiger charge is 2.23. The van der Waals surface area contributed by atoms with Crippen molar-refractivity contribution in [2.24, 2.45) is 0 Å². The summed E-state index contributed by atoms with van der Waals surface area (Å²) in [5.41, 5.74) is 2.29. The maximum atomic E-state index is 12.6. The van der Waals surface area contributed by atoms with E-state index in [1.54, 1.807) is 18.2 Å². The normalized spacial score (nSPS) is 12.7. The number of hydrogen-bond donors (Lipinski definition) is 1. The average Bonchev–Trinajstić information content (AvgIpc) is 3.02. The summed E-state index contributed by atoms with van der Waals surface area (Å²) >= 11 is 6.14. The van der Waals surface area contributed by atoms with E-state index in [9.17, 15) is 8.42 Å². The van der Waals surface area contributed by atoms with Crippen molar-refractivity contribution in [2.45, 2.75) is 11.3 Å². The Balaban J connectivity index is 2.03. The van der Waals surface area contributed by atoms with Crippen LogP contribution in [0.15, 0.2) is 47.4 Å². The summed E-state index contributed by atoms with van der Waals surface area (Å²) in [6, 6.07) is 11.0. The third-order valence-corrected chi connectivity index (χ3v) is 5.34. The van der Waals surface area contributed by atoms with Crippen LogP contribution in [-0.4, -0.2) is 8.42 Å². The van der Waals surface area contributed by atoms with Crippen LogP contribution in [-0.2, 0) is 16.4 Å². The molecular weight excluding hydrogens is 346 g/mol. The van der Waals surface area contributed by atoms with Gasteiger partial charge >= 0.3 is 0 Å². The fraction of sp³-hybridized carbons (Fsp3) is 0.0588. The highest BCUT2D eigenvalue weighted by Crippen LogP contribution is 2.38. The molecule has 2 aromatic rings. The van der Waals surface area contributed by atoms with Gasteiger partial charge in [-0.05, 0) is 36.2 Å². The van der Waals surface area contributed by atoms with Crippen LogP contribution in [0, 0.1) is 17.9 Å². The Hall–Kier alpha value is -2.80. The fourth-order valence-corrected chi connectivity index (χ4v) is 3.96. The van der Waals surface area contributed by atoms with E-state index in [0.29, 0.717) is 33.8 Å². The van der Waals surface area contributed by atoms with Crippen LogP contribution in [0.3, 0.4) is 0 Å². The number of nitrogens with one attached hydrogen (secondary N) is 1. The van der Waals surface area contributed by atoms with Crippen LogP contribution in [0.2, 0.25) is 5.02 Å². The van der Waals surface area contributed by atoms with Crippen molar-refractivity contribution in [2.75, 3.05) is 4.72 Å². The molecule has 0 aromatic heterocycles. The largest absolute Gasteiger partial charge is 0.279 e. The Morgan fingerprint density at radius 3 is 2.79 bits per heavy atom. The van der Waals surface area contributed by atoms with E-state index >= 15 is 0 Å². The standard InChI is InChI=1S/C17H10ClN3O2S/c1-20-12-3-2-4-13(9-12)24(22,23)21-16-8-7-15(18)17-11(10-19)5-6-14(16)17/h2-5,7-9,21H,6H2. The van der Waals surface area contributed by atoms with Crippen LogP contribution in [0.5, 0.6) is 0 Å². The molecule has 0 atom stereocenters. The highest BCUT2D eigenvalue weighted by molar-refractivity contribution is 7.92. The van der Waals surface area contributed by atoms with Gasteiger partial charge in [0.15, 0.2) is 5.69 Å². The number of sulfonamides is 1. The molecule has 1 aliphatic rings. The number of fused-ring (bicyclic) bond motifs is 1. The molecule has 118 valence electrons. The molecule has 0 fully saturated rings. The van der Waals surface area contributed by atoms with E-state index in [1.165, 1.54) is 24.3 Å². The molecule has 24 heavy (non-hydrogen) atoms. The Labute approximate surface area is 144 Å². The summed E-state index contributed by atoms with van der Waals surface area (Å²) in [6.07, 6.45) is 2.15. The van der Waals surface area contributed by atoms with Crippen LogP contribution in [0.1, 0.15) is 11.1 Å². The molecule has 3 rings (SSSR count). The number of allylic oxidation sites excluding steroid dienone is 2. The molecule has 0 saturated heterocycles. The van der Waals surface area contributed by atoms with E-state index < -0.39 is 10.0 Å². The smallest absolute Gasteiger partial charge is 0.260 e. The second kappa shape index (κ2) is 6.01. The number of benzene rings is 2. The zero-order valence-electron chi connectivity index (χ0n) is 12.2. The van der Waals surface area contributed by atoms with Gasteiger partial charge in [0.1, 0.15) is 0 Å². The summed E-state index contributed by atoms with van der Waals surface area (Å²) < 4.78 is 27.7. The molecule has 0 bridgehead atoms. The predicted molar refractivity (Wildman–Crippen MR) is 92.3 cm³/mol. The quantitative estimate of drug-likeness (QED) is 0.840. The molecule has 0 amide bonds. The SMILES string of the molecule is [C-]#[N+]c1cccc(S(=O)(=O)Nc2ccc(Cl)c3c2CC=C3C#N)c1. The molecule has 0 unspecified atom stereocenters. The minimum atomic E-state index is -3.85. The van der Waals surface area contributed by atoms with Crippen molar-refractivity contribution >= 4 is 38.6 Å². The lowest BCUT2D eigenvalue weighted by atomic mass is 10.0. The van der Waals surface area contributed by atoms with Crippen LogP contribution in [0.4, 0.5) is 11.4 Å². The zero-order chi connectivity index (χ0) is 17.3. The first-order chi connectivity index (χ1) is 11.5. The van der Waals surface area contributed by atoms with Crippen molar-refractivity contribution in [3.63, 3.8) is 0 Å². The highest BCUT2D eigenvalue weighted by atomic mass is 35.5. The fourth-order valence-electron chi connectivity index (χ4n) is 2.55. The van der Waals surface area contributed by atoms with Gasteiger partial charge in [-0.25, -0.2) is 13.3 Å². The molecule has 0 saturated carbocycles. The minimum absolute atomic E-state index is 0.00571. The van der Waals surface area contributed by atoms with E-state index in [0.717, 1.165) is 0 Å². The number of anilines is 1. The summed E-state index contributed by atoms with van der Waals surface area (Å²) in [7, 11) is -3.85. The molecule has 1 N–H and O–H groups in total. The number of nitriles is 1. The third-order valence-electron chi connectivity index (χ3n) is 3.66. The zero-order valence-corrected chi connectivity index (χ0v) is 13.8. The third kappa shape index (κ3) is 2.74. The van der Waals surface area contributed by atoms with Gasteiger partial charge in [-0.2, -0.15) is 5.26 Å². The van der Waals surface area contributed by atoms with Crippen molar-refractivity contribution in [1.29, 1.82) is 5.26 Å². The van der Waals surface area contributed by atoms with Gasteiger partial charge in [0.25, 0.3) is 10.0 Å². The molecular formula is C17H10ClN3O2S. The lowest BCUT2D eigenvalue weighted by Crippen LogP contribution is -2.14. The van der Waals surface area contributed by atoms with Crippen molar-refractivity contribution < 1.29 is 8.42 Å². The molecule has 0 aliphatic heterocycles. The number of nitrogens with zero attached hydrogens (tertiary/aromatic N) is 2. The monoisotopic (exact) mass is 355 g/mol. The number of hydrogen-bond acceptors (Lipinski definition) is 3. The Bertz CT molecular complexity index is 1060. The van der Waals surface area contributed by atoms with E-state index in [1.807, 2.05) is 0 Å². The molecule has 0 heterocycles. The van der Waals surface area contributed by atoms with Gasteiger partial charge < -0.3 is 0 Å². The maximum Gasteiger partial charge on any atom is 0.260 e. The average molecular weight is 356 g/mol. The van der Waals surface area contributed by atoms with Crippen LogP contribution >= 0.6 is 11.6 Å². The first-order valence-corrected chi connectivity index (χ1v) is 8.75. The van der Waals surface area contributed by atoms with Gasteiger partial charge in [-0.15, -0.1) is 0 Å². The van der Waals surface area contributed by atoms with Crippen molar-refractivity contribution in [3.8, 4) is 6.07 Å². The molecule has 1 aliphatic carbocycles. The van der Waals surface area contributed by atoms with Crippen LogP contribution < -0.4 is 4.72 Å². The Morgan fingerprint density at radius 1 is 1.29 bits per heavy atom. The van der Waals surface area contributed by atoms with Gasteiger partial charge in [-0.3, -0.25) is 4.72 Å². The lowest BCUT2D eigenvalue weighted by Gasteiger charge is -2.13. The van der Waals surface area contributed by atoms with Gasteiger partial charge in [-0.1, -0.05) is 29.8 Å². The molecule has 0 radical (unpaired) electrons. The van der Waals surface area contributed by atoms with Crippen molar-refractivity contribution in [3.05, 3.63) is 70.0 Å². The topological polar surface area (TPSA) is 74.3 Å². The first kappa shape index (κ1) is 16.1. The summed E-state index contributed by atoms with van der Waals surface area (Å²) in [4.78, 5) is 3.24. The minimum Gasteiger partial charge on any atom is -0.279 e. The Morgan fingerprint density at radius 2 is 2.08 bits per heavy atom. The first-order valence-electron chi connectivity index (χ1n) is 6.88. The molecule has 7 heteroatoms. The predicted octanol–water partition coefficient (Wildman–Crippen LogP) is 4.15. The Kier molecular flexibility index (Phi) is 4.02. The number of rotatable bonds is 3. The summed E-state index contributed by atoms with van der Waals surface area (Å²) in [6.45, 7) is 6.99. The van der Waals surface area contributed by atoms with Crippen LogP contribution in [0.25, 0.3) is 10.4 Å². The van der Waals surface area contributed by atoms with Gasteiger partial charge in [0, 0.05) is 10.6 Å². The second-order valence-corrected chi connectivity index (χ2v) is 7.19. The molecule has 2 aromatic carbocycles. The number of halogens is 1. The summed E-state index contributed by atoms with van der Waals surface area (Å²) in [5, 5.41) is 9.56. The van der Waals surface area contributed by atoms with E-state index in [2.05, 4.69) is 15.6 Å². The lowest BCUT2D eigenvalue weighted by molar-refractivity contribution is 0.601. The maximum absolute atomic E-state index is 12.6. The van der Waals surface area contributed by atoms with E-state index in [-0.39, 0.29) is 10.6 Å². The van der Waals surface area contributed by atoms with E-state index in [4.69, 9.17) is 23.4 Å². The summed E-state index contributed by atoms with van der Waals surface area (Å²) in [5.74, 6) is 0. The van der Waals surface area contributed by atoms with Crippen molar-refractivity contribution in [1.82, 2.24) is 0 Å². The molecule has 0 spiro atoms.